The van der Waals surface area contributed by atoms with Gasteiger partial charge >= 0.3 is 0 Å². The molecule has 0 unspecified atom stereocenters. The molecule has 1 rings (SSSR count). The monoisotopic (exact) mass is 419 g/mol. The van der Waals surface area contributed by atoms with Crippen LogP contribution >= 0.6 is 38.5 Å². The summed E-state index contributed by atoms with van der Waals surface area (Å²) in [5, 5.41) is 10.0. The third-order valence-electron chi connectivity index (χ3n) is 2.06. The Hall–Kier alpha value is 0.140. The van der Waals surface area contributed by atoms with E-state index in [4.69, 9.17) is 5.73 Å². The van der Waals surface area contributed by atoms with Crippen LogP contribution in [0.5, 0.6) is 0 Å². The van der Waals surface area contributed by atoms with Crippen LogP contribution in [-0.4, -0.2) is 21.4 Å². The van der Waals surface area contributed by atoms with Crippen molar-refractivity contribution in [1.82, 2.24) is 0 Å². The number of sulfone groups is 1. The first-order valence-corrected chi connectivity index (χ1v) is 8.03. The largest absolute Gasteiger partial charge is 0.399 e. The van der Waals surface area contributed by atoms with Crippen LogP contribution in [0, 0.1) is 0 Å². The first-order valence-electron chi connectivity index (χ1n) is 4.27. The molecule has 90 valence electrons. The van der Waals surface area contributed by atoms with Gasteiger partial charge in [0.1, 0.15) is 6.10 Å². The van der Waals surface area contributed by atoms with Crippen LogP contribution in [0.3, 0.4) is 0 Å². The topological polar surface area (TPSA) is 80.4 Å². The number of nitrogens with two attached hydrogens (primary N) is 1. The average molecular weight is 420 g/mol. The molecular formula is C9H11BrINO3S. The maximum absolute atomic E-state index is 11.5. The summed E-state index contributed by atoms with van der Waals surface area (Å²) in [6.45, 7) is 0. The Labute approximate surface area is 116 Å². The summed E-state index contributed by atoms with van der Waals surface area (Å²) >= 11 is 4.71. The van der Waals surface area contributed by atoms with Gasteiger partial charge in [-0.15, -0.1) is 0 Å². The molecule has 0 amide bonds. The molecule has 0 fully saturated rings. The van der Waals surface area contributed by atoms with E-state index in [1.54, 1.807) is 46.9 Å². The molecule has 0 aliphatic heterocycles. The lowest BCUT2D eigenvalue weighted by molar-refractivity contribution is 0.191. The van der Waals surface area contributed by atoms with Crippen LogP contribution in [0.4, 0.5) is 5.69 Å². The van der Waals surface area contributed by atoms with Crippen LogP contribution in [0.25, 0.3) is 0 Å². The van der Waals surface area contributed by atoms with Crippen molar-refractivity contribution in [3.8, 4) is 0 Å². The van der Waals surface area contributed by atoms with Crippen LogP contribution < -0.4 is 5.73 Å². The molecule has 16 heavy (non-hydrogen) atoms. The fraction of sp³-hybridized carbons (Fsp3) is 0.333. The van der Waals surface area contributed by atoms with E-state index in [-0.39, 0.29) is 0 Å². The number of aliphatic hydroxyl groups is 1. The zero-order chi connectivity index (χ0) is 12.6. The quantitative estimate of drug-likeness (QED) is 0.445. The number of benzene rings is 1. The first kappa shape index (κ1) is 14.2. The Morgan fingerprint density at radius 3 is 2.25 bits per heavy atom. The molecule has 3 N–H and O–H groups in total. The van der Waals surface area contributed by atoms with E-state index in [9.17, 15) is 13.5 Å². The molecule has 1 aromatic rings. The minimum absolute atomic E-state index is 0.492. The lowest BCUT2D eigenvalue weighted by Crippen LogP contribution is -2.31. The highest BCUT2D eigenvalue weighted by molar-refractivity contribution is 14.1. The fourth-order valence-electron chi connectivity index (χ4n) is 1.08. The van der Waals surface area contributed by atoms with Crippen molar-refractivity contribution in [2.75, 3.05) is 12.0 Å². The van der Waals surface area contributed by atoms with E-state index in [1.807, 2.05) is 0 Å². The van der Waals surface area contributed by atoms with Gasteiger partial charge in [-0.25, -0.2) is 8.42 Å². The van der Waals surface area contributed by atoms with Gasteiger partial charge in [-0.05, 0) is 40.3 Å². The summed E-state index contributed by atoms with van der Waals surface area (Å²) in [6, 6.07) is 6.42. The number of hydrogen-bond acceptors (Lipinski definition) is 4. The number of halogens is 2. The van der Waals surface area contributed by atoms with Gasteiger partial charge in [0.05, 0.1) is 0 Å². The maximum Gasteiger partial charge on any atom is 0.206 e. The minimum Gasteiger partial charge on any atom is -0.399 e. The number of nitrogen functional groups attached to an aromatic ring is 1. The average Bonchev–Trinajstić information content (AvgIpc) is 2.16. The van der Waals surface area contributed by atoms with Crippen molar-refractivity contribution in [3.63, 3.8) is 0 Å². The second kappa shape index (κ2) is 4.79. The van der Waals surface area contributed by atoms with Gasteiger partial charge in [0.15, 0.2) is 9.84 Å². The van der Waals surface area contributed by atoms with E-state index in [0.717, 1.165) is 6.26 Å². The molecule has 0 spiro atoms. The van der Waals surface area contributed by atoms with Gasteiger partial charge < -0.3 is 10.8 Å². The van der Waals surface area contributed by atoms with Crippen molar-refractivity contribution in [2.24, 2.45) is 0 Å². The normalized spacial score (nSPS) is 17.8. The van der Waals surface area contributed by atoms with Crippen LogP contribution in [0.2, 0.25) is 0 Å². The van der Waals surface area contributed by atoms with Gasteiger partial charge in [-0.2, -0.15) is 0 Å². The summed E-state index contributed by atoms with van der Waals surface area (Å²) in [5.74, 6) is 0. The van der Waals surface area contributed by atoms with Gasteiger partial charge in [-0.3, -0.25) is 0 Å². The Morgan fingerprint density at radius 2 is 1.88 bits per heavy atom. The third kappa shape index (κ3) is 2.88. The molecule has 0 saturated carbocycles. The van der Waals surface area contributed by atoms with E-state index in [0.29, 0.717) is 11.3 Å². The smallest absolute Gasteiger partial charge is 0.206 e. The summed E-state index contributed by atoms with van der Waals surface area (Å²) in [4.78, 5) is 0. The number of anilines is 1. The Balaban J connectivity index is 3.12. The predicted molar refractivity (Wildman–Crippen MR) is 76.3 cm³/mol. The van der Waals surface area contributed by atoms with Crippen LogP contribution in [0.1, 0.15) is 11.7 Å². The van der Waals surface area contributed by atoms with Crippen molar-refractivity contribution >= 4 is 54.0 Å². The second-order valence-electron chi connectivity index (χ2n) is 3.40. The van der Waals surface area contributed by atoms with Crippen molar-refractivity contribution < 1.29 is 13.5 Å². The maximum atomic E-state index is 11.5. The fourth-order valence-corrected chi connectivity index (χ4v) is 2.24. The summed E-state index contributed by atoms with van der Waals surface area (Å²) < 4.78 is 21.6. The van der Waals surface area contributed by atoms with E-state index < -0.39 is 17.6 Å². The van der Waals surface area contributed by atoms with Crippen molar-refractivity contribution in [2.45, 2.75) is 7.77 Å². The Morgan fingerprint density at radius 1 is 1.44 bits per heavy atom. The summed E-state index contributed by atoms with van der Waals surface area (Å²) in [6.07, 6.45) is -0.0990. The predicted octanol–water partition coefficient (Wildman–Crippen LogP) is 1.83. The van der Waals surface area contributed by atoms with Crippen molar-refractivity contribution in [1.29, 1.82) is 0 Å². The molecule has 0 bridgehead atoms. The highest BCUT2D eigenvalue weighted by Crippen LogP contribution is 2.44. The molecule has 0 aliphatic rings. The van der Waals surface area contributed by atoms with Gasteiger partial charge in [0, 0.05) is 11.9 Å². The van der Waals surface area contributed by atoms with E-state index >= 15 is 0 Å². The van der Waals surface area contributed by atoms with Crippen LogP contribution in [-0.2, 0) is 9.84 Å². The number of alkyl halides is 2. The van der Waals surface area contributed by atoms with E-state index in [2.05, 4.69) is 15.9 Å². The summed E-state index contributed by atoms with van der Waals surface area (Å²) in [5.41, 5.74) is 6.56. The number of aliphatic hydroxyl groups excluding tert-OH is 1. The Bertz CT molecular complexity index is 472. The molecule has 0 aromatic heterocycles. The SMILES string of the molecule is CS(=O)(=O)[C@@](Br)(I)[C@H](O)c1ccc(N)cc1. The zero-order valence-electron chi connectivity index (χ0n) is 8.39. The van der Waals surface area contributed by atoms with Crippen LogP contribution in [0.15, 0.2) is 24.3 Å². The lowest BCUT2D eigenvalue weighted by atomic mass is 10.1. The first-order chi connectivity index (χ1) is 7.16. The molecule has 4 nitrogen and oxygen atoms in total. The number of rotatable bonds is 3. The Kier molecular flexibility index (Phi) is 4.25. The highest BCUT2D eigenvalue weighted by atomic mass is 127. The zero-order valence-corrected chi connectivity index (χ0v) is 13.0. The molecule has 0 radical (unpaired) electrons. The second-order valence-corrected chi connectivity index (χ2v) is 11.3. The molecule has 7 heteroatoms. The van der Waals surface area contributed by atoms with Gasteiger partial charge in [0.25, 0.3) is 0 Å². The lowest BCUT2D eigenvalue weighted by Gasteiger charge is -2.25. The molecule has 0 heterocycles. The van der Waals surface area contributed by atoms with Crippen molar-refractivity contribution in [3.05, 3.63) is 29.8 Å². The van der Waals surface area contributed by atoms with Gasteiger partial charge in [-0.1, -0.05) is 28.1 Å². The third-order valence-corrected chi connectivity index (χ3v) is 8.46. The molecule has 2 atom stereocenters. The highest BCUT2D eigenvalue weighted by Gasteiger charge is 2.43. The molecule has 0 aliphatic carbocycles. The molecule has 1 aromatic carbocycles. The minimum atomic E-state index is -3.44. The van der Waals surface area contributed by atoms with Gasteiger partial charge in [0.2, 0.25) is 1.66 Å². The molecule has 0 saturated heterocycles. The molecular weight excluding hydrogens is 409 g/mol. The standard InChI is InChI=1S/C9H11BrINO3S/c1-16(14,15)9(10,11)8(13)6-2-4-7(12)5-3-6/h2-5,8,13H,12H2,1H3/t8-,9+/m1/s1. The number of hydrogen-bond donors (Lipinski definition) is 2. The van der Waals surface area contributed by atoms with E-state index in [1.165, 1.54) is 0 Å². The summed E-state index contributed by atoms with van der Waals surface area (Å²) in [7, 11) is -3.44.